The highest BCUT2D eigenvalue weighted by molar-refractivity contribution is 5.67. The first-order chi connectivity index (χ1) is 11.1. The third-order valence-corrected chi connectivity index (χ3v) is 4.69. The van der Waals surface area contributed by atoms with E-state index in [9.17, 15) is 10.2 Å². The smallest absolute Gasteiger partial charge is 0.136 e. The van der Waals surface area contributed by atoms with Gasteiger partial charge in [0.2, 0.25) is 0 Å². The van der Waals surface area contributed by atoms with Crippen molar-refractivity contribution in [2.45, 2.75) is 38.0 Å². The molecule has 3 rings (SSSR count). The minimum Gasteiger partial charge on any atom is -0.386 e. The predicted molar refractivity (Wildman–Crippen MR) is 93.0 cm³/mol. The molecule has 0 aromatic heterocycles. The van der Waals surface area contributed by atoms with Gasteiger partial charge in [-0.2, -0.15) is 0 Å². The van der Waals surface area contributed by atoms with Gasteiger partial charge in [-0.25, -0.2) is 0 Å². The molecule has 1 saturated heterocycles. The van der Waals surface area contributed by atoms with Crippen LogP contribution in [0.5, 0.6) is 0 Å². The number of aliphatic hydroxyl groups excluding tert-OH is 1. The Kier molecular flexibility index (Phi) is 4.81. The molecule has 23 heavy (non-hydrogen) atoms. The Hall–Kier alpha value is -1.68. The van der Waals surface area contributed by atoms with Gasteiger partial charge in [0.25, 0.3) is 0 Å². The van der Waals surface area contributed by atoms with Gasteiger partial charge >= 0.3 is 0 Å². The minimum absolute atomic E-state index is 0.426. The zero-order valence-electron chi connectivity index (χ0n) is 13.7. The van der Waals surface area contributed by atoms with E-state index in [1.807, 2.05) is 41.3 Å². The number of benzene rings is 2. The van der Waals surface area contributed by atoms with Crippen molar-refractivity contribution in [3.05, 3.63) is 60.2 Å². The summed E-state index contributed by atoms with van der Waals surface area (Å²) in [6.45, 7) is 3.45. The molecule has 2 aromatic rings. The fourth-order valence-corrected chi connectivity index (χ4v) is 3.43. The van der Waals surface area contributed by atoms with Gasteiger partial charge in [-0.05, 0) is 36.5 Å². The number of likely N-dealkylation sites (tertiary alicyclic amines) is 1. The highest BCUT2D eigenvalue weighted by Gasteiger charge is 2.36. The maximum absolute atomic E-state index is 10.9. The van der Waals surface area contributed by atoms with Crippen molar-refractivity contribution in [2.24, 2.45) is 0 Å². The standard InChI is InChI=1S/C20H25NO2/c1-20(23,19(22)21-13-7-8-14-21)15-17-11-5-6-12-18(17)16-9-3-2-4-10-16/h2-6,9-12,19,22-23H,7-8,13-15H2,1H3. The molecule has 0 radical (unpaired) electrons. The summed E-state index contributed by atoms with van der Waals surface area (Å²) in [6, 6.07) is 18.3. The molecule has 2 atom stereocenters. The van der Waals surface area contributed by atoms with Crippen LogP contribution in [-0.4, -0.2) is 40.0 Å². The predicted octanol–water partition coefficient (Wildman–Crippen LogP) is 3.06. The van der Waals surface area contributed by atoms with Crippen molar-refractivity contribution >= 4 is 0 Å². The van der Waals surface area contributed by atoms with Crippen molar-refractivity contribution in [1.82, 2.24) is 4.90 Å². The van der Waals surface area contributed by atoms with E-state index in [1.165, 1.54) is 0 Å². The first-order valence-corrected chi connectivity index (χ1v) is 8.36. The summed E-state index contributed by atoms with van der Waals surface area (Å²) in [5, 5.41) is 21.5. The van der Waals surface area contributed by atoms with Gasteiger partial charge in [-0.3, -0.25) is 4.90 Å². The number of hydrogen-bond donors (Lipinski definition) is 2. The van der Waals surface area contributed by atoms with Gasteiger partial charge < -0.3 is 10.2 Å². The van der Waals surface area contributed by atoms with Crippen LogP contribution < -0.4 is 0 Å². The van der Waals surface area contributed by atoms with Crippen LogP contribution in [0.15, 0.2) is 54.6 Å². The highest BCUT2D eigenvalue weighted by atomic mass is 16.4. The van der Waals surface area contributed by atoms with Crippen molar-refractivity contribution in [1.29, 1.82) is 0 Å². The Morgan fingerprint density at radius 3 is 2.30 bits per heavy atom. The monoisotopic (exact) mass is 311 g/mol. The molecule has 1 aliphatic rings. The van der Waals surface area contributed by atoms with E-state index in [1.54, 1.807) is 6.92 Å². The van der Waals surface area contributed by atoms with Crippen molar-refractivity contribution in [2.75, 3.05) is 13.1 Å². The second-order valence-corrected chi connectivity index (χ2v) is 6.67. The molecule has 0 bridgehead atoms. The summed E-state index contributed by atoms with van der Waals surface area (Å²) < 4.78 is 0. The molecule has 3 heteroatoms. The highest BCUT2D eigenvalue weighted by Crippen LogP contribution is 2.29. The lowest BCUT2D eigenvalue weighted by Gasteiger charge is -2.35. The number of rotatable bonds is 5. The van der Waals surface area contributed by atoms with Crippen molar-refractivity contribution < 1.29 is 10.2 Å². The summed E-state index contributed by atoms with van der Waals surface area (Å²) in [6.07, 6.45) is 1.78. The van der Waals surface area contributed by atoms with E-state index < -0.39 is 11.8 Å². The molecule has 3 nitrogen and oxygen atoms in total. The Bertz CT molecular complexity index is 633. The SMILES string of the molecule is CC(O)(Cc1ccccc1-c1ccccc1)C(O)N1CCCC1. The van der Waals surface area contributed by atoms with Gasteiger partial charge in [0.05, 0.1) is 0 Å². The van der Waals surface area contributed by atoms with Crippen LogP contribution in [-0.2, 0) is 6.42 Å². The Balaban J connectivity index is 1.85. The first kappa shape index (κ1) is 16.2. The molecule has 2 aromatic carbocycles. The zero-order valence-corrected chi connectivity index (χ0v) is 13.7. The molecule has 0 spiro atoms. The molecule has 0 saturated carbocycles. The van der Waals surface area contributed by atoms with Crippen LogP contribution in [0.3, 0.4) is 0 Å². The van der Waals surface area contributed by atoms with Crippen LogP contribution in [0.1, 0.15) is 25.3 Å². The summed E-state index contributed by atoms with van der Waals surface area (Å²) in [5.74, 6) is 0. The number of hydrogen-bond acceptors (Lipinski definition) is 3. The summed E-state index contributed by atoms with van der Waals surface area (Å²) in [7, 11) is 0. The fraction of sp³-hybridized carbons (Fsp3) is 0.400. The van der Waals surface area contributed by atoms with Crippen LogP contribution in [0.2, 0.25) is 0 Å². The van der Waals surface area contributed by atoms with Crippen LogP contribution >= 0.6 is 0 Å². The third kappa shape index (κ3) is 3.63. The third-order valence-electron chi connectivity index (χ3n) is 4.69. The maximum Gasteiger partial charge on any atom is 0.136 e. The van der Waals surface area contributed by atoms with E-state index in [2.05, 4.69) is 18.2 Å². The molecular weight excluding hydrogens is 286 g/mol. The van der Waals surface area contributed by atoms with E-state index >= 15 is 0 Å². The number of nitrogens with zero attached hydrogens (tertiary/aromatic N) is 1. The second kappa shape index (κ2) is 6.83. The Labute approximate surface area is 138 Å². The number of aliphatic hydroxyl groups is 2. The minimum atomic E-state index is -1.17. The van der Waals surface area contributed by atoms with Crippen LogP contribution in [0.25, 0.3) is 11.1 Å². The summed E-state index contributed by atoms with van der Waals surface area (Å²) >= 11 is 0. The molecule has 2 unspecified atom stereocenters. The summed E-state index contributed by atoms with van der Waals surface area (Å²) in [5.41, 5.74) is 2.13. The molecule has 0 amide bonds. The molecule has 1 aliphatic heterocycles. The largest absolute Gasteiger partial charge is 0.386 e. The summed E-state index contributed by atoms with van der Waals surface area (Å²) in [4.78, 5) is 1.98. The maximum atomic E-state index is 10.9. The molecule has 0 aliphatic carbocycles. The van der Waals surface area contributed by atoms with Crippen molar-refractivity contribution in [3.63, 3.8) is 0 Å². The molecule has 122 valence electrons. The lowest BCUT2D eigenvalue weighted by molar-refractivity contribution is -0.133. The second-order valence-electron chi connectivity index (χ2n) is 6.67. The normalized spacial score (nSPS) is 19.4. The fourth-order valence-electron chi connectivity index (χ4n) is 3.43. The average molecular weight is 311 g/mol. The lowest BCUT2D eigenvalue weighted by atomic mass is 9.89. The van der Waals surface area contributed by atoms with Crippen molar-refractivity contribution in [3.8, 4) is 11.1 Å². The molecule has 1 heterocycles. The van der Waals surface area contributed by atoms with Gasteiger partial charge in [-0.15, -0.1) is 0 Å². The zero-order chi connectivity index (χ0) is 16.3. The topological polar surface area (TPSA) is 43.7 Å². The van der Waals surface area contributed by atoms with E-state index in [4.69, 9.17) is 0 Å². The van der Waals surface area contributed by atoms with Gasteiger partial charge in [0.1, 0.15) is 11.8 Å². The quantitative estimate of drug-likeness (QED) is 0.892. The van der Waals surface area contributed by atoms with Crippen LogP contribution in [0, 0.1) is 0 Å². The van der Waals surface area contributed by atoms with E-state index in [-0.39, 0.29) is 0 Å². The Morgan fingerprint density at radius 2 is 1.61 bits per heavy atom. The Morgan fingerprint density at radius 1 is 1.00 bits per heavy atom. The van der Waals surface area contributed by atoms with Gasteiger partial charge in [0.15, 0.2) is 0 Å². The van der Waals surface area contributed by atoms with Gasteiger partial charge in [0, 0.05) is 19.5 Å². The average Bonchev–Trinajstić information content (AvgIpc) is 3.09. The van der Waals surface area contributed by atoms with E-state index in [0.717, 1.165) is 42.6 Å². The van der Waals surface area contributed by atoms with Gasteiger partial charge in [-0.1, -0.05) is 54.6 Å². The lowest BCUT2D eigenvalue weighted by Crippen LogP contribution is -2.51. The molecular formula is C20H25NO2. The molecule has 1 fully saturated rings. The molecule has 2 N–H and O–H groups in total. The van der Waals surface area contributed by atoms with E-state index in [0.29, 0.717) is 6.42 Å². The first-order valence-electron chi connectivity index (χ1n) is 8.36. The van der Waals surface area contributed by atoms with Crippen LogP contribution in [0.4, 0.5) is 0 Å².